The van der Waals surface area contributed by atoms with Crippen molar-refractivity contribution in [1.82, 2.24) is 10.2 Å². The van der Waals surface area contributed by atoms with E-state index < -0.39 is 4.92 Å². The van der Waals surface area contributed by atoms with Gasteiger partial charge < -0.3 is 15.0 Å². The molecule has 0 bridgehead atoms. The minimum atomic E-state index is -0.413. The molecule has 0 spiro atoms. The topological polar surface area (TPSA) is 70.9 Å². The fourth-order valence-corrected chi connectivity index (χ4v) is 2.89. The number of anilines is 1. The smallest absolute Gasteiger partial charge is 0.311 e. The average molecular weight is 292 g/mol. The van der Waals surface area contributed by atoms with Crippen molar-refractivity contribution in [3.8, 4) is 5.75 Å². The van der Waals surface area contributed by atoms with Crippen LogP contribution >= 0.6 is 0 Å². The maximum atomic E-state index is 10.9. The van der Waals surface area contributed by atoms with E-state index in [2.05, 4.69) is 15.1 Å². The summed E-state index contributed by atoms with van der Waals surface area (Å²) in [5.74, 6) is 0.322. The third-order valence-electron chi connectivity index (χ3n) is 4.32. The Labute approximate surface area is 123 Å². The molecule has 21 heavy (non-hydrogen) atoms. The second-order valence-corrected chi connectivity index (χ2v) is 5.45. The van der Waals surface area contributed by atoms with E-state index in [0.29, 0.717) is 11.8 Å². The number of hydrogen-bond donors (Lipinski definition) is 1. The van der Waals surface area contributed by atoms with Gasteiger partial charge in [0.2, 0.25) is 0 Å². The van der Waals surface area contributed by atoms with Crippen LogP contribution in [0, 0.1) is 10.1 Å². The number of piperazine rings is 1. The molecule has 2 heterocycles. The van der Waals surface area contributed by atoms with Gasteiger partial charge in [-0.15, -0.1) is 0 Å². The lowest BCUT2D eigenvalue weighted by molar-refractivity contribution is -0.385. The van der Waals surface area contributed by atoms with Crippen molar-refractivity contribution in [1.29, 1.82) is 0 Å². The normalized spacial score (nSPS) is 20.1. The third kappa shape index (κ3) is 2.79. The largest absolute Gasteiger partial charge is 0.490 e. The van der Waals surface area contributed by atoms with Crippen LogP contribution in [-0.2, 0) is 0 Å². The third-order valence-corrected chi connectivity index (χ3v) is 4.32. The van der Waals surface area contributed by atoms with E-state index >= 15 is 0 Å². The van der Waals surface area contributed by atoms with Crippen molar-refractivity contribution in [2.45, 2.75) is 6.04 Å². The van der Waals surface area contributed by atoms with Gasteiger partial charge in [0.1, 0.15) is 0 Å². The molecule has 7 heteroatoms. The molecular formula is C14H20N4O3. The van der Waals surface area contributed by atoms with Crippen molar-refractivity contribution in [3.63, 3.8) is 0 Å². The number of benzene rings is 1. The number of rotatable bonds is 4. The highest BCUT2D eigenvalue weighted by Gasteiger charge is 2.28. The zero-order chi connectivity index (χ0) is 14.8. The molecule has 0 aromatic heterocycles. The predicted molar refractivity (Wildman–Crippen MR) is 80.1 cm³/mol. The standard InChI is InChI=1S/C14H20N4O3/c1-21-14-8-11(2-3-13(14)18(19)20)16-4-6-17(7-5-16)12-9-15-10-12/h2-3,8,12,15H,4-7,9-10H2,1H3. The zero-order valence-electron chi connectivity index (χ0n) is 12.1. The molecule has 3 rings (SSSR count). The SMILES string of the molecule is COc1cc(N2CCN(C3CNC3)CC2)ccc1[N+](=O)[O-]. The summed E-state index contributed by atoms with van der Waals surface area (Å²) in [5.41, 5.74) is 1.00. The van der Waals surface area contributed by atoms with Gasteiger partial charge in [-0.25, -0.2) is 0 Å². The highest BCUT2D eigenvalue weighted by atomic mass is 16.6. The van der Waals surface area contributed by atoms with E-state index in [0.717, 1.165) is 45.0 Å². The van der Waals surface area contributed by atoms with Gasteiger partial charge in [0.15, 0.2) is 5.75 Å². The van der Waals surface area contributed by atoms with Crippen LogP contribution in [0.25, 0.3) is 0 Å². The van der Waals surface area contributed by atoms with Gasteiger partial charge in [-0.3, -0.25) is 15.0 Å². The molecular weight excluding hydrogens is 272 g/mol. The Morgan fingerprint density at radius 2 is 2.00 bits per heavy atom. The Morgan fingerprint density at radius 3 is 2.52 bits per heavy atom. The highest BCUT2D eigenvalue weighted by molar-refractivity contribution is 5.59. The molecule has 2 saturated heterocycles. The van der Waals surface area contributed by atoms with E-state index in [1.165, 1.54) is 13.2 Å². The molecule has 2 fully saturated rings. The molecule has 0 unspecified atom stereocenters. The first-order chi connectivity index (χ1) is 10.2. The van der Waals surface area contributed by atoms with E-state index in [9.17, 15) is 10.1 Å². The van der Waals surface area contributed by atoms with E-state index in [4.69, 9.17) is 4.74 Å². The summed E-state index contributed by atoms with van der Waals surface area (Å²) in [6.07, 6.45) is 0. The fraction of sp³-hybridized carbons (Fsp3) is 0.571. The van der Waals surface area contributed by atoms with Crippen molar-refractivity contribution in [2.75, 3.05) is 51.3 Å². The van der Waals surface area contributed by atoms with Crippen LogP contribution < -0.4 is 15.0 Å². The van der Waals surface area contributed by atoms with Crippen LogP contribution in [0.5, 0.6) is 5.75 Å². The summed E-state index contributed by atoms with van der Waals surface area (Å²) >= 11 is 0. The molecule has 2 aliphatic rings. The number of nitrogens with zero attached hydrogens (tertiary/aromatic N) is 3. The van der Waals surface area contributed by atoms with Crippen LogP contribution in [0.4, 0.5) is 11.4 Å². The Kier molecular flexibility index (Phi) is 3.94. The summed E-state index contributed by atoms with van der Waals surface area (Å²) in [6, 6.07) is 5.77. The minimum Gasteiger partial charge on any atom is -0.490 e. The lowest BCUT2D eigenvalue weighted by Gasteiger charge is -2.43. The van der Waals surface area contributed by atoms with E-state index in [-0.39, 0.29) is 5.69 Å². The molecule has 1 aromatic rings. The number of nitro benzene ring substituents is 1. The van der Waals surface area contributed by atoms with Gasteiger partial charge in [0, 0.05) is 63.1 Å². The second-order valence-electron chi connectivity index (χ2n) is 5.45. The number of ether oxygens (including phenoxy) is 1. The maximum Gasteiger partial charge on any atom is 0.311 e. The number of methoxy groups -OCH3 is 1. The predicted octanol–water partition coefficient (Wildman–Crippen LogP) is 0.697. The molecule has 0 radical (unpaired) electrons. The van der Waals surface area contributed by atoms with Crippen molar-refractivity contribution < 1.29 is 9.66 Å². The van der Waals surface area contributed by atoms with E-state index in [1.54, 1.807) is 12.1 Å². The Hall–Kier alpha value is -1.86. The Morgan fingerprint density at radius 1 is 1.29 bits per heavy atom. The van der Waals surface area contributed by atoms with Crippen LogP contribution in [0.2, 0.25) is 0 Å². The van der Waals surface area contributed by atoms with Gasteiger partial charge in [-0.2, -0.15) is 0 Å². The molecule has 0 aliphatic carbocycles. The van der Waals surface area contributed by atoms with Crippen LogP contribution in [-0.4, -0.2) is 62.2 Å². The number of nitro groups is 1. The second kappa shape index (κ2) is 5.87. The number of nitrogens with one attached hydrogen (secondary N) is 1. The molecule has 0 atom stereocenters. The van der Waals surface area contributed by atoms with Crippen LogP contribution in [0.15, 0.2) is 18.2 Å². The fourth-order valence-electron chi connectivity index (χ4n) is 2.89. The summed E-state index contributed by atoms with van der Waals surface area (Å²) in [5, 5.41) is 14.2. The van der Waals surface area contributed by atoms with Gasteiger partial charge in [0.25, 0.3) is 0 Å². The summed E-state index contributed by atoms with van der Waals surface area (Å²) in [4.78, 5) is 15.3. The highest BCUT2D eigenvalue weighted by Crippen LogP contribution is 2.31. The molecule has 1 N–H and O–H groups in total. The lowest BCUT2D eigenvalue weighted by Crippen LogP contribution is -2.61. The summed E-state index contributed by atoms with van der Waals surface area (Å²) < 4.78 is 5.14. The minimum absolute atomic E-state index is 0.0143. The van der Waals surface area contributed by atoms with Gasteiger partial charge in [-0.05, 0) is 6.07 Å². The maximum absolute atomic E-state index is 10.9. The summed E-state index contributed by atoms with van der Waals surface area (Å²) in [7, 11) is 1.47. The van der Waals surface area contributed by atoms with Crippen molar-refractivity contribution >= 4 is 11.4 Å². The Bertz CT molecular complexity index is 525. The molecule has 2 aliphatic heterocycles. The number of hydrogen-bond acceptors (Lipinski definition) is 6. The molecule has 114 valence electrons. The van der Waals surface area contributed by atoms with E-state index in [1.807, 2.05) is 0 Å². The molecule has 0 saturated carbocycles. The molecule has 0 amide bonds. The van der Waals surface area contributed by atoms with Gasteiger partial charge in [0.05, 0.1) is 12.0 Å². The van der Waals surface area contributed by atoms with Gasteiger partial charge in [-0.1, -0.05) is 0 Å². The first-order valence-corrected chi connectivity index (χ1v) is 7.21. The Balaban J connectivity index is 1.68. The average Bonchev–Trinajstić information content (AvgIpc) is 2.45. The first kappa shape index (κ1) is 14.1. The zero-order valence-corrected chi connectivity index (χ0v) is 12.1. The quantitative estimate of drug-likeness (QED) is 0.650. The first-order valence-electron chi connectivity index (χ1n) is 7.21. The van der Waals surface area contributed by atoms with Crippen molar-refractivity contribution in [3.05, 3.63) is 28.3 Å². The van der Waals surface area contributed by atoms with Gasteiger partial charge >= 0.3 is 5.69 Å². The monoisotopic (exact) mass is 292 g/mol. The van der Waals surface area contributed by atoms with Crippen LogP contribution in [0.3, 0.4) is 0 Å². The molecule has 7 nitrogen and oxygen atoms in total. The summed E-state index contributed by atoms with van der Waals surface area (Å²) in [6.45, 7) is 6.13. The molecule has 1 aromatic carbocycles. The van der Waals surface area contributed by atoms with Crippen LogP contribution in [0.1, 0.15) is 0 Å². The van der Waals surface area contributed by atoms with Crippen molar-refractivity contribution in [2.24, 2.45) is 0 Å². The lowest BCUT2D eigenvalue weighted by atomic mass is 10.1.